The van der Waals surface area contributed by atoms with Crippen molar-refractivity contribution in [1.29, 1.82) is 0 Å². The average Bonchev–Trinajstić information content (AvgIpc) is 3.38. The molecule has 0 radical (unpaired) electrons. The quantitative estimate of drug-likeness (QED) is 0.208. The third-order valence-corrected chi connectivity index (χ3v) is 6.31. The molecule has 33 heavy (non-hydrogen) atoms. The van der Waals surface area contributed by atoms with Crippen LogP contribution in [0.2, 0.25) is 0 Å². The van der Waals surface area contributed by atoms with Crippen molar-refractivity contribution in [3.63, 3.8) is 0 Å². The Morgan fingerprint density at radius 3 is 1.12 bits per heavy atom. The normalized spacial score (nSPS) is 10.5. The van der Waals surface area contributed by atoms with Gasteiger partial charge in [-0.15, -0.1) is 68.1 Å². The molecular formula is C32H26Zr. The van der Waals surface area contributed by atoms with Crippen molar-refractivity contribution in [3.8, 4) is 22.3 Å². The number of rotatable bonds is 2. The van der Waals surface area contributed by atoms with E-state index < -0.39 is 0 Å². The van der Waals surface area contributed by atoms with Crippen molar-refractivity contribution in [1.82, 2.24) is 0 Å². The van der Waals surface area contributed by atoms with Crippen LogP contribution in [-0.4, -0.2) is 0 Å². The summed E-state index contributed by atoms with van der Waals surface area (Å²) in [6.07, 6.45) is 0. The van der Waals surface area contributed by atoms with Gasteiger partial charge < -0.3 is 0 Å². The molecule has 0 N–H and O–H groups in total. The van der Waals surface area contributed by atoms with Gasteiger partial charge >= 0.3 is 26.2 Å². The predicted molar refractivity (Wildman–Crippen MR) is 139 cm³/mol. The summed E-state index contributed by atoms with van der Waals surface area (Å²) in [4.78, 5) is 0. The van der Waals surface area contributed by atoms with Gasteiger partial charge in [-0.1, -0.05) is 122 Å². The number of aryl methyl sites for hydroxylation is 2. The van der Waals surface area contributed by atoms with Crippen LogP contribution in [0, 0.1) is 13.8 Å². The standard InChI is InChI=1S/2C16H13.Zr/c2*1-12-15-10-6-5-9-14(15)11-16(12)13-7-3-2-4-8-13;/h2*2-11H,1H3;/q2*-1;+2. The van der Waals surface area contributed by atoms with Crippen molar-refractivity contribution in [2.24, 2.45) is 0 Å². The van der Waals surface area contributed by atoms with Crippen LogP contribution >= 0.6 is 0 Å². The van der Waals surface area contributed by atoms with Gasteiger partial charge in [0.2, 0.25) is 0 Å². The Morgan fingerprint density at radius 2 is 0.758 bits per heavy atom. The van der Waals surface area contributed by atoms with E-state index in [2.05, 4.69) is 135 Å². The molecular weight excluding hydrogens is 476 g/mol. The molecule has 0 atom stereocenters. The summed E-state index contributed by atoms with van der Waals surface area (Å²) in [7, 11) is 0. The van der Waals surface area contributed by atoms with Crippen molar-refractivity contribution < 1.29 is 26.2 Å². The molecule has 0 bridgehead atoms. The van der Waals surface area contributed by atoms with Crippen LogP contribution in [0.3, 0.4) is 0 Å². The fraction of sp³-hybridized carbons (Fsp3) is 0.0625. The molecule has 0 fully saturated rings. The van der Waals surface area contributed by atoms with Gasteiger partial charge in [0.1, 0.15) is 0 Å². The predicted octanol–water partition coefficient (Wildman–Crippen LogP) is 9.07. The SMILES string of the molecule is C[c-]1c(-c2ccccc2)cc2ccccc21.C[c-]1c(-c2ccccc2)cc2ccccc21.[Zr+2]. The van der Waals surface area contributed by atoms with Gasteiger partial charge in [-0.25, -0.2) is 0 Å². The zero-order valence-electron chi connectivity index (χ0n) is 19.0. The molecule has 0 saturated heterocycles. The summed E-state index contributed by atoms with van der Waals surface area (Å²) < 4.78 is 0. The molecule has 6 aromatic carbocycles. The largest absolute Gasteiger partial charge is 2.00 e. The molecule has 158 valence electrons. The summed E-state index contributed by atoms with van der Waals surface area (Å²) in [5.41, 5.74) is 8.06. The summed E-state index contributed by atoms with van der Waals surface area (Å²) in [5, 5.41) is 5.39. The topological polar surface area (TPSA) is 0 Å². The molecule has 0 aromatic heterocycles. The Hall–Kier alpha value is -3.02. The summed E-state index contributed by atoms with van der Waals surface area (Å²) in [5.74, 6) is 0. The van der Waals surface area contributed by atoms with Crippen LogP contribution in [0.15, 0.2) is 121 Å². The number of fused-ring (bicyclic) bond motifs is 2. The van der Waals surface area contributed by atoms with Crippen LogP contribution in [0.4, 0.5) is 0 Å². The van der Waals surface area contributed by atoms with Gasteiger partial charge in [0.15, 0.2) is 0 Å². The van der Waals surface area contributed by atoms with Gasteiger partial charge in [-0.3, -0.25) is 0 Å². The van der Waals surface area contributed by atoms with Gasteiger partial charge in [-0.2, -0.15) is 0 Å². The van der Waals surface area contributed by atoms with Crippen molar-refractivity contribution in [2.45, 2.75) is 13.8 Å². The zero-order valence-corrected chi connectivity index (χ0v) is 21.5. The molecule has 0 spiro atoms. The number of benzene rings is 4. The molecule has 0 aliphatic heterocycles. The van der Waals surface area contributed by atoms with Crippen molar-refractivity contribution in [3.05, 3.63) is 132 Å². The zero-order chi connectivity index (χ0) is 21.9. The summed E-state index contributed by atoms with van der Waals surface area (Å²) in [6, 6.07) is 42.8. The Morgan fingerprint density at radius 1 is 0.424 bits per heavy atom. The molecule has 0 saturated carbocycles. The van der Waals surface area contributed by atoms with Gasteiger partial charge in [0, 0.05) is 0 Å². The van der Waals surface area contributed by atoms with E-state index in [1.165, 1.54) is 54.9 Å². The van der Waals surface area contributed by atoms with Gasteiger partial charge in [-0.05, 0) is 0 Å². The van der Waals surface area contributed by atoms with Crippen LogP contribution in [-0.2, 0) is 26.2 Å². The molecule has 0 amide bonds. The maximum Gasteiger partial charge on any atom is 2.00 e. The maximum atomic E-state index is 2.28. The Labute approximate surface area is 215 Å². The molecule has 0 aliphatic rings. The fourth-order valence-electron chi connectivity index (χ4n) is 4.58. The molecule has 6 rings (SSSR count). The molecule has 0 nitrogen and oxygen atoms in total. The fourth-order valence-corrected chi connectivity index (χ4v) is 4.58. The molecule has 6 aromatic rings. The van der Waals surface area contributed by atoms with E-state index in [0.29, 0.717) is 0 Å². The minimum atomic E-state index is 0. The van der Waals surface area contributed by atoms with Crippen LogP contribution < -0.4 is 0 Å². The number of hydrogen-bond acceptors (Lipinski definition) is 0. The van der Waals surface area contributed by atoms with E-state index in [1.54, 1.807) is 0 Å². The second-order valence-electron chi connectivity index (χ2n) is 8.27. The number of hydrogen-bond donors (Lipinski definition) is 0. The van der Waals surface area contributed by atoms with E-state index in [0.717, 1.165) is 0 Å². The first-order valence-corrected chi connectivity index (χ1v) is 11.1. The van der Waals surface area contributed by atoms with E-state index in [-0.39, 0.29) is 26.2 Å². The Bertz CT molecular complexity index is 1350. The van der Waals surface area contributed by atoms with Crippen molar-refractivity contribution >= 4 is 21.5 Å². The minimum absolute atomic E-state index is 0. The van der Waals surface area contributed by atoms with Crippen LogP contribution in [0.5, 0.6) is 0 Å². The molecule has 0 unspecified atom stereocenters. The van der Waals surface area contributed by atoms with Crippen LogP contribution in [0.25, 0.3) is 43.8 Å². The average molecular weight is 502 g/mol. The smallest absolute Gasteiger partial charge is 0.144 e. The third kappa shape index (κ3) is 4.70. The second kappa shape index (κ2) is 10.3. The third-order valence-electron chi connectivity index (χ3n) is 6.31. The molecule has 0 heterocycles. The first kappa shape index (κ1) is 23.2. The Balaban J connectivity index is 0.000000152. The van der Waals surface area contributed by atoms with Gasteiger partial charge in [0.05, 0.1) is 0 Å². The van der Waals surface area contributed by atoms with Gasteiger partial charge in [0.25, 0.3) is 0 Å². The van der Waals surface area contributed by atoms with Crippen LogP contribution in [0.1, 0.15) is 11.1 Å². The van der Waals surface area contributed by atoms with Crippen molar-refractivity contribution in [2.75, 3.05) is 0 Å². The second-order valence-corrected chi connectivity index (χ2v) is 8.27. The monoisotopic (exact) mass is 500 g/mol. The summed E-state index contributed by atoms with van der Waals surface area (Å²) in [6.45, 7) is 4.40. The van der Waals surface area contributed by atoms with E-state index >= 15 is 0 Å². The maximum absolute atomic E-state index is 2.28. The Kier molecular flexibility index (Phi) is 7.21. The molecule has 0 aliphatic carbocycles. The van der Waals surface area contributed by atoms with E-state index in [4.69, 9.17) is 0 Å². The first-order chi connectivity index (χ1) is 15.7. The molecule has 1 heteroatoms. The van der Waals surface area contributed by atoms with E-state index in [1.807, 2.05) is 0 Å². The first-order valence-electron chi connectivity index (χ1n) is 11.1. The summed E-state index contributed by atoms with van der Waals surface area (Å²) >= 11 is 0. The minimum Gasteiger partial charge on any atom is -0.144 e. The van der Waals surface area contributed by atoms with E-state index in [9.17, 15) is 0 Å².